The molecule has 0 radical (unpaired) electrons. The van der Waals surface area contributed by atoms with E-state index in [4.69, 9.17) is 4.74 Å². The number of allylic oxidation sites excluding steroid dienone is 2. The minimum atomic E-state index is -0.210. The van der Waals surface area contributed by atoms with Gasteiger partial charge in [-0.25, -0.2) is 4.79 Å². The Morgan fingerprint density at radius 3 is 2.29 bits per heavy atom. The predicted octanol–water partition coefficient (Wildman–Crippen LogP) is 9.85. The number of hydrogen-bond donors (Lipinski definition) is 0. The van der Waals surface area contributed by atoms with Gasteiger partial charge in [0, 0.05) is 11.3 Å². The fourth-order valence-electron chi connectivity index (χ4n) is 10.2. The number of ether oxygens (including phenoxy) is 1. The van der Waals surface area contributed by atoms with Gasteiger partial charge in [0.15, 0.2) is 5.78 Å². The molecule has 5 rings (SSSR count). The smallest absolute Gasteiger partial charge is 0.338 e. The normalized spacial score (nSPS) is 37.9. The van der Waals surface area contributed by atoms with Gasteiger partial charge in [0.2, 0.25) is 0 Å². The number of hydrogen-bond acceptors (Lipinski definition) is 3. The molecule has 1 aromatic carbocycles. The molecule has 0 saturated heterocycles. The minimum Gasteiger partial charge on any atom is -0.458 e. The van der Waals surface area contributed by atoms with E-state index in [-0.39, 0.29) is 45.1 Å². The average molecular weight is 561 g/mol. The molecule has 0 aliphatic heterocycles. The van der Waals surface area contributed by atoms with Gasteiger partial charge in [-0.3, -0.25) is 4.79 Å². The molecule has 0 aromatic heterocycles. The van der Waals surface area contributed by atoms with Gasteiger partial charge < -0.3 is 4.74 Å². The van der Waals surface area contributed by atoms with Crippen LogP contribution in [0.1, 0.15) is 130 Å². The van der Waals surface area contributed by atoms with E-state index in [1.807, 2.05) is 30.3 Å². The van der Waals surface area contributed by atoms with E-state index in [1.165, 1.54) is 31.3 Å². The van der Waals surface area contributed by atoms with Crippen LogP contribution >= 0.6 is 0 Å². The zero-order valence-electron chi connectivity index (χ0n) is 27.4. The Labute approximate surface area is 250 Å². The van der Waals surface area contributed by atoms with Crippen molar-refractivity contribution < 1.29 is 14.3 Å². The molecule has 4 aliphatic rings. The van der Waals surface area contributed by atoms with Gasteiger partial charge in [-0.05, 0) is 109 Å². The third-order valence-corrected chi connectivity index (χ3v) is 13.1. The summed E-state index contributed by atoms with van der Waals surface area (Å²) in [6, 6.07) is 9.47. The zero-order valence-corrected chi connectivity index (χ0v) is 27.4. The van der Waals surface area contributed by atoms with E-state index >= 15 is 0 Å². The van der Waals surface area contributed by atoms with Crippen molar-refractivity contribution >= 4 is 11.8 Å². The van der Waals surface area contributed by atoms with Crippen molar-refractivity contribution in [3.8, 4) is 0 Å². The summed E-state index contributed by atoms with van der Waals surface area (Å²) in [5.74, 6) is 1.96. The maximum absolute atomic E-state index is 13.8. The highest BCUT2D eigenvalue weighted by Crippen LogP contribution is 2.73. The first-order valence-corrected chi connectivity index (χ1v) is 16.5. The monoisotopic (exact) mass is 560 g/mol. The summed E-state index contributed by atoms with van der Waals surface area (Å²) in [7, 11) is 0. The summed E-state index contributed by atoms with van der Waals surface area (Å²) < 4.78 is 6.48. The van der Waals surface area contributed by atoms with Gasteiger partial charge in [0.1, 0.15) is 6.10 Å². The molecule has 226 valence electrons. The lowest BCUT2D eigenvalue weighted by atomic mass is 9.42. The summed E-state index contributed by atoms with van der Waals surface area (Å²) in [6.45, 7) is 21.4. The van der Waals surface area contributed by atoms with Crippen LogP contribution in [0.15, 0.2) is 42.0 Å². The summed E-state index contributed by atoms with van der Waals surface area (Å²) in [5, 5.41) is 0. The van der Waals surface area contributed by atoms with Gasteiger partial charge in [-0.2, -0.15) is 0 Å². The fourth-order valence-corrected chi connectivity index (χ4v) is 10.2. The first-order valence-electron chi connectivity index (χ1n) is 16.5. The molecule has 0 heterocycles. The Morgan fingerprint density at radius 2 is 1.63 bits per heavy atom. The van der Waals surface area contributed by atoms with E-state index in [2.05, 4.69) is 68.4 Å². The molecule has 3 fully saturated rings. The summed E-state index contributed by atoms with van der Waals surface area (Å²) >= 11 is 0. The van der Waals surface area contributed by atoms with Crippen molar-refractivity contribution in [2.45, 2.75) is 126 Å². The molecule has 41 heavy (non-hydrogen) atoms. The Kier molecular flexibility index (Phi) is 7.73. The van der Waals surface area contributed by atoms with Crippen LogP contribution in [0.25, 0.3) is 0 Å². The third kappa shape index (κ3) is 5.06. The number of rotatable bonds is 6. The van der Waals surface area contributed by atoms with Crippen molar-refractivity contribution in [1.82, 2.24) is 0 Å². The van der Waals surface area contributed by atoms with Crippen LogP contribution in [0.5, 0.6) is 0 Å². The standard InChI is InChI=1S/C38H56O3/c1-25-15-20-36(7)27-16-21-38(9)31(17-22-37(38,8)28(27)24-30(39)29(36)23-25)35(5,6)32(18-19-34(2,3)4)41-33(40)26-13-11-10-12-14-26/h10-14,24-25,27,29,31-32H,15-23H2,1-9H3/t25-,27?,29-,31+,32+,36+,37-,38+/m0/s1. The molecular weight excluding hydrogens is 504 g/mol. The van der Waals surface area contributed by atoms with Crippen LogP contribution in [0.4, 0.5) is 0 Å². The minimum absolute atomic E-state index is 0.00255. The van der Waals surface area contributed by atoms with E-state index in [1.54, 1.807) is 0 Å². The van der Waals surface area contributed by atoms with Crippen LogP contribution in [-0.4, -0.2) is 17.9 Å². The van der Waals surface area contributed by atoms with Gasteiger partial charge in [-0.15, -0.1) is 0 Å². The van der Waals surface area contributed by atoms with Crippen LogP contribution in [0.2, 0.25) is 0 Å². The molecule has 1 aromatic rings. The number of benzene rings is 1. The maximum atomic E-state index is 13.8. The lowest BCUT2D eigenvalue weighted by Crippen LogP contribution is -2.56. The lowest BCUT2D eigenvalue weighted by molar-refractivity contribution is -0.133. The summed E-state index contributed by atoms with van der Waals surface area (Å²) in [4.78, 5) is 27.2. The second-order valence-corrected chi connectivity index (χ2v) is 17.1. The van der Waals surface area contributed by atoms with Crippen molar-refractivity contribution in [3.63, 3.8) is 0 Å². The molecule has 0 bridgehead atoms. The van der Waals surface area contributed by atoms with Gasteiger partial charge >= 0.3 is 5.97 Å². The Balaban J connectivity index is 1.47. The molecule has 3 saturated carbocycles. The fraction of sp³-hybridized carbons (Fsp3) is 0.737. The van der Waals surface area contributed by atoms with E-state index in [0.717, 1.165) is 32.1 Å². The van der Waals surface area contributed by atoms with Gasteiger partial charge in [0.25, 0.3) is 0 Å². The molecule has 4 aliphatic carbocycles. The predicted molar refractivity (Wildman–Crippen MR) is 167 cm³/mol. The van der Waals surface area contributed by atoms with Crippen LogP contribution in [0.3, 0.4) is 0 Å². The number of carbonyl (C=O) groups is 2. The first kappa shape index (κ1) is 30.6. The van der Waals surface area contributed by atoms with Crippen molar-refractivity contribution in [2.24, 2.45) is 50.7 Å². The largest absolute Gasteiger partial charge is 0.458 e. The van der Waals surface area contributed by atoms with Crippen LogP contribution in [0, 0.1) is 50.7 Å². The molecule has 8 atom stereocenters. The highest BCUT2D eigenvalue weighted by Gasteiger charge is 2.66. The molecule has 3 nitrogen and oxygen atoms in total. The highest BCUT2D eigenvalue weighted by atomic mass is 16.5. The van der Waals surface area contributed by atoms with Crippen molar-refractivity contribution in [2.75, 3.05) is 0 Å². The molecule has 0 N–H and O–H groups in total. The molecule has 3 heteroatoms. The topological polar surface area (TPSA) is 43.4 Å². The number of fused-ring (bicyclic) bond motifs is 5. The molecule has 1 unspecified atom stereocenters. The second-order valence-electron chi connectivity index (χ2n) is 17.1. The number of carbonyl (C=O) groups excluding carboxylic acids is 2. The molecular formula is C38H56O3. The Hall–Kier alpha value is -1.90. The number of esters is 1. The van der Waals surface area contributed by atoms with E-state index < -0.39 is 0 Å². The second kappa shape index (κ2) is 10.4. The first-order chi connectivity index (χ1) is 19.0. The SMILES string of the molecule is C[C@H]1CC[C@]2(C)C3CC[C@]4(C)[C@@H](C(C)(C)[C@@H](CCC(C)(C)C)OC(=O)c5ccccc5)CC[C@@]4(C)C3=CC(=O)[C@@H]2C1. The zero-order chi connectivity index (χ0) is 30.0. The van der Waals surface area contributed by atoms with Gasteiger partial charge in [-0.1, -0.05) is 92.5 Å². The average Bonchev–Trinajstić information content (AvgIpc) is 3.19. The number of ketones is 1. The maximum Gasteiger partial charge on any atom is 0.338 e. The lowest BCUT2D eigenvalue weighted by Gasteiger charge is -2.62. The van der Waals surface area contributed by atoms with Gasteiger partial charge in [0.05, 0.1) is 5.56 Å². The van der Waals surface area contributed by atoms with Crippen molar-refractivity contribution in [1.29, 1.82) is 0 Å². The Bertz CT molecular complexity index is 1190. The van der Waals surface area contributed by atoms with Crippen LogP contribution in [-0.2, 0) is 9.53 Å². The summed E-state index contributed by atoms with van der Waals surface area (Å²) in [6.07, 6.45) is 11.9. The third-order valence-electron chi connectivity index (χ3n) is 13.1. The van der Waals surface area contributed by atoms with Crippen LogP contribution < -0.4 is 0 Å². The van der Waals surface area contributed by atoms with Crippen molar-refractivity contribution in [3.05, 3.63) is 47.5 Å². The Morgan fingerprint density at radius 1 is 0.951 bits per heavy atom. The van der Waals surface area contributed by atoms with E-state index in [0.29, 0.717) is 29.1 Å². The summed E-state index contributed by atoms with van der Waals surface area (Å²) in [5.41, 5.74) is 2.23. The highest BCUT2D eigenvalue weighted by molar-refractivity contribution is 5.94. The molecule has 0 spiro atoms. The molecule has 0 amide bonds. The van der Waals surface area contributed by atoms with E-state index in [9.17, 15) is 9.59 Å². The quantitative estimate of drug-likeness (QED) is 0.325.